The molecule has 0 amide bonds. The minimum atomic E-state index is 0.413. The number of nitrogens with one attached hydrogen (secondary N) is 1. The van der Waals surface area contributed by atoms with Crippen LogP contribution < -0.4 is 11.1 Å². The number of hydrogen-bond donors (Lipinski definition) is 2. The zero-order chi connectivity index (χ0) is 12.4. The van der Waals surface area contributed by atoms with Crippen molar-refractivity contribution in [2.75, 3.05) is 5.32 Å². The summed E-state index contributed by atoms with van der Waals surface area (Å²) in [6, 6.07) is 7.54. The van der Waals surface area contributed by atoms with Gasteiger partial charge in [0.15, 0.2) is 11.5 Å². The van der Waals surface area contributed by atoms with Gasteiger partial charge in [-0.1, -0.05) is 0 Å². The summed E-state index contributed by atoms with van der Waals surface area (Å²) in [5, 5.41) is 7.60. The molecule has 0 unspecified atom stereocenters. The SMILES string of the molecule is NCc1cn2nc(Nc3ccncc3)ccc2n1. The van der Waals surface area contributed by atoms with Crippen LogP contribution in [0.5, 0.6) is 0 Å². The Kier molecular flexibility index (Phi) is 2.62. The van der Waals surface area contributed by atoms with Gasteiger partial charge in [0.1, 0.15) is 0 Å². The summed E-state index contributed by atoms with van der Waals surface area (Å²) < 4.78 is 1.71. The second-order valence-corrected chi connectivity index (χ2v) is 3.82. The van der Waals surface area contributed by atoms with Gasteiger partial charge in [-0.2, -0.15) is 0 Å². The maximum Gasteiger partial charge on any atom is 0.153 e. The number of aromatic nitrogens is 4. The molecule has 0 saturated carbocycles. The summed E-state index contributed by atoms with van der Waals surface area (Å²) >= 11 is 0. The highest BCUT2D eigenvalue weighted by molar-refractivity contribution is 5.56. The number of anilines is 2. The number of pyridine rings is 1. The van der Waals surface area contributed by atoms with Crippen LogP contribution in [0.25, 0.3) is 5.65 Å². The Balaban J connectivity index is 1.93. The van der Waals surface area contributed by atoms with E-state index < -0.39 is 0 Å². The van der Waals surface area contributed by atoms with Crippen LogP contribution >= 0.6 is 0 Å². The first-order valence-corrected chi connectivity index (χ1v) is 5.57. The van der Waals surface area contributed by atoms with Gasteiger partial charge in [0, 0.05) is 24.6 Å². The average molecular weight is 240 g/mol. The van der Waals surface area contributed by atoms with Gasteiger partial charge in [0.25, 0.3) is 0 Å². The van der Waals surface area contributed by atoms with Crippen molar-refractivity contribution in [1.29, 1.82) is 0 Å². The van der Waals surface area contributed by atoms with Crippen molar-refractivity contribution in [2.45, 2.75) is 6.54 Å². The van der Waals surface area contributed by atoms with Gasteiger partial charge in [-0.3, -0.25) is 4.98 Å². The molecule has 90 valence electrons. The first-order chi connectivity index (χ1) is 8.85. The lowest BCUT2D eigenvalue weighted by molar-refractivity contribution is 0.934. The fourth-order valence-corrected chi connectivity index (χ4v) is 1.68. The van der Waals surface area contributed by atoms with E-state index in [1.165, 1.54) is 0 Å². The number of imidazole rings is 1. The van der Waals surface area contributed by atoms with Gasteiger partial charge in [-0.25, -0.2) is 9.50 Å². The lowest BCUT2D eigenvalue weighted by Crippen LogP contribution is -1.98. The Labute approximate surface area is 103 Å². The topological polar surface area (TPSA) is 81.1 Å². The van der Waals surface area contributed by atoms with Crippen LogP contribution in [0.15, 0.2) is 42.9 Å². The van der Waals surface area contributed by atoms with Crippen molar-refractivity contribution < 1.29 is 0 Å². The maximum absolute atomic E-state index is 5.55. The van der Waals surface area contributed by atoms with Crippen LogP contribution in [0.4, 0.5) is 11.5 Å². The molecular weight excluding hydrogens is 228 g/mol. The van der Waals surface area contributed by atoms with E-state index in [4.69, 9.17) is 5.73 Å². The van der Waals surface area contributed by atoms with Crippen molar-refractivity contribution in [3.63, 3.8) is 0 Å². The molecule has 3 aromatic rings. The lowest BCUT2D eigenvalue weighted by atomic mass is 10.4. The van der Waals surface area contributed by atoms with E-state index >= 15 is 0 Å². The second-order valence-electron chi connectivity index (χ2n) is 3.82. The van der Waals surface area contributed by atoms with Crippen molar-refractivity contribution in [3.8, 4) is 0 Å². The molecule has 3 heterocycles. The third-order valence-corrected chi connectivity index (χ3v) is 2.53. The van der Waals surface area contributed by atoms with Crippen LogP contribution in [0.1, 0.15) is 5.69 Å². The van der Waals surface area contributed by atoms with E-state index in [2.05, 4.69) is 20.4 Å². The van der Waals surface area contributed by atoms with E-state index in [0.29, 0.717) is 6.54 Å². The highest BCUT2D eigenvalue weighted by atomic mass is 15.3. The summed E-state index contributed by atoms with van der Waals surface area (Å²) in [6.45, 7) is 0.413. The molecule has 0 aromatic carbocycles. The quantitative estimate of drug-likeness (QED) is 0.721. The van der Waals surface area contributed by atoms with E-state index in [-0.39, 0.29) is 0 Å². The molecular formula is C12H12N6. The number of rotatable bonds is 3. The molecule has 0 fully saturated rings. The molecule has 0 bridgehead atoms. The lowest BCUT2D eigenvalue weighted by Gasteiger charge is -2.04. The molecule has 0 atom stereocenters. The minimum Gasteiger partial charge on any atom is -0.339 e. The van der Waals surface area contributed by atoms with Crippen molar-refractivity contribution in [3.05, 3.63) is 48.5 Å². The molecule has 0 aliphatic carbocycles. The third-order valence-electron chi connectivity index (χ3n) is 2.53. The highest BCUT2D eigenvalue weighted by Crippen LogP contribution is 2.13. The fraction of sp³-hybridized carbons (Fsp3) is 0.0833. The van der Waals surface area contributed by atoms with E-state index in [1.54, 1.807) is 16.9 Å². The van der Waals surface area contributed by atoms with Crippen molar-refractivity contribution in [2.24, 2.45) is 5.73 Å². The van der Waals surface area contributed by atoms with Crippen molar-refractivity contribution >= 4 is 17.2 Å². The summed E-state index contributed by atoms with van der Waals surface area (Å²) in [4.78, 5) is 8.28. The molecule has 18 heavy (non-hydrogen) atoms. The Hall–Kier alpha value is -2.47. The molecule has 0 radical (unpaired) electrons. The number of nitrogens with two attached hydrogens (primary N) is 1. The molecule has 6 heteroatoms. The van der Waals surface area contributed by atoms with Crippen LogP contribution in [0.3, 0.4) is 0 Å². The molecule has 0 saturated heterocycles. The summed E-state index contributed by atoms with van der Waals surface area (Å²) in [5.74, 6) is 0.745. The molecule has 0 spiro atoms. The van der Waals surface area contributed by atoms with Gasteiger partial charge >= 0.3 is 0 Å². The Morgan fingerprint density at radius 3 is 2.78 bits per heavy atom. The molecule has 3 aromatic heterocycles. The van der Waals surface area contributed by atoms with Gasteiger partial charge in [0.2, 0.25) is 0 Å². The molecule has 0 aliphatic heterocycles. The van der Waals surface area contributed by atoms with E-state index in [0.717, 1.165) is 22.8 Å². The van der Waals surface area contributed by atoms with Crippen LogP contribution in [0, 0.1) is 0 Å². The maximum atomic E-state index is 5.55. The van der Waals surface area contributed by atoms with Gasteiger partial charge in [-0.15, -0.1) is 5.10 Å². The first-order valence-electron chi connectivity index (χ1n) is 5.57. The largest absolute Gasteiger partial charge is 0.339 e. The van der Waals surface area contributed by atoms with E-state index in [1.807, 2.05) is 30.5 Å². The zero-order valence-electron chi connectivity index (χ0n) is 9.61. The standard InChI is InChI=1S/C12H12N6/c13-7-10-8-18-12(16-10)2-1-11(17-18)15-9-3-5-14-6-4-9/h1-6,8H,7,13H2,(H,14,15,17). The normalized spacial score (nSPS) is 10.7. The van der Waals surface area contributed by atoms with E-state index in [9.17, 15) is 0 Å². The third kappa shape index (κ3) is 2.01. The Bertz CT molecular complexity index is 661. The smallest absolute Gasteiger partial charge is 0.153 e. The molecule has 3 N–H and O–H groups in total. The van der Waals surface area contributed by atoms with Gasteiger partial charge < -0.3 is 11.1 Å². The predicted molar refractivity (Wildman–Crippen MR) is 68.4 cm³/mol. The summed E-state index contributed by atoms with van der Waals surface area (Å²) in [6.07, 6.45) is 5.28. The number of nitrogens with zero attached hydrogens (tertiary/aromatic N) is 4. The average Bonchev–Trinajstić information content (AvgIpc) is 2.82. The van der Waals surface area contributed by atoms with Crippen molar-refractivity contribution in [1.82, 2.24) is 19.6 Å². The van der Waals surface area contributed by atoms with Crippen LogP contribution in [-0.4, -0.2) is 19.6 Å². The summed E-state index contributed by atoms with van der Waals surface area (Å²) in [7, 11) is 0. The predicted octanol–water partition coefficient (Wildman–Crippen LogP) is 1.33. The second kappa shape index (κ2) is 4.42. The molecule has 6 nitrogen and oxygen atoms in total. The minimum absolute atomic E-state index is 0.413. The van der Waals surface area contributed by atoms with Crippen LogP contribution in [-0.2, 0) is 6.54 Å². The van der Waals surface area contributed by atoms with Gasteiger partial charge in [-0.05, 0) is 24.3 Å². The number of hydrogen-bond acceptors (Lipinski definition) is 5. The van der Waals surface area contributed by atoms with Gasteiger partial charge in [0.05, 0.1) is 11.9 Å². The molecule has 0 aliphatic rings. The summed E-state index contributed by atoms with van der Waals surface area (Å²) in [5.41, 5.74) is 8.10. The van der Waals surface area contributed by atoms with Crippen LogP contribution in [0.2, 0.25) is 0 Å². The zero-order valence-corrected chi connectivity index (χ0v) is 9.61. The highest BCUT2D eigenvalue weighted by Gasteiger charge is 2.02. The fourth-order valence-electron chi connectivity index (χ4n) is 1.68. The molecule has 3 rings (SSSR count). The number of fused-ring (bicyclic) bond motifs is 1. The first kappa shape index (κ1) is 10.7. The Morgan fingerprint density at radius 2 is 2.00 bits per heavy atom. The monoisotopic (exact) mass is 240 g/mol. The Morgan fingerprint density at radius 1 is 1.17 bits per heavy atom.